The molecule has 1 aliphatic carbocycles. The molecule has 3 rings (SSSR count). The topological polar surface area (TPSA) is 89.2 Å². The number of likely N-dealkylation sites (N-methyl/N-ethyl adjacent to an activating group) is 1. The van der Waals surface area contributed by atoms with Crippen molar-refractivity contribution in [1.29, 1.82) is 0 Å². The number of carbonyl (C=O) groups is 2. The molecule has 4 N–H and O–H groups in total. The minimum absolute atomic E-state index is 0. The van der Waals surface area contributed by atoms with Gasteiger partial charge in [-0.15, -0.1) is 12.4 Å². The summed E-state index contributed by atoms with van der Waals surface area (Å²) in [6.45, 7) is 2.22. The smallest absolute Gasteiger partial charge is 0.239 e. The largest absolute Gasteiger partial charge is 0.358 e. The third-order valence-electron chi connectivity index (χ3n) is 5.21. The molecule has 0 bridgehead atoms. The van der Waals surface area contributed by atoms with E-state index in [1.807, 2.05) is 42.0 Å². The van der Waals surface area contributed by atoms with Crippen LogP contribution in [0, 0.1) is 5.92 Å². The fraction of sp³-hybridized carbons (Fsp3) is 0.474. The van der Waals surface area contributed by atoms with Crippen LogP contribution in [0.4, 0.5) is 5.69 Å². The van der Waals surface area contributed by atoms with Gasteiger partial charge in [-0.25, -0.2) is 0 Å². The molecule has 2 unspecified atom stereocenters. The summed E-state index contributed by atoms with van der Waals surface area (Å²) >= 11 is 0. The monoisotopic (exact) mass is 378 g/mol. The highest BCUT2D eigenvalue weighted by molar-refractivity contribution is 5.96. The van der Waals surface area contributed by atoms with Gasteiger partial charge in [0, 0.05) is 24.5 Å². The highest BCUT2D eigenvalue weighted by Crippen LogP contribution is 2.32. The van der Waals surface area contributed by atoms with Crippen LogP contribution in [0.1, 0.15) is 32.6 Å². The number of halogens is 1. The Kier molecular flexibility index (Phi) is 6.31. The Hall–Kier alpha value is -2.05. The van der Waals surface area contributed by atoms with Gasteiger partial charge in [0.25, 0.3) is 0 Å². The number of hydrogen-bond donors (Lipinski definition) is 3. The van der Waals surface area contributed by atoms with Crippen molar-refractivity contribution in [3.05, 3.63) is 30.5 Å². The maximum Gasteiger partial charge on any atom is 0.239 e. The lowest BCUT2D eigenvalue weighted by Gasteiger charge is -2.37. The summed E-state index contributed by atoms with van der Waals surface area (Å²) in [4.78, 5) is 24.4. The lowest BCUT2D eigenvalue weighted by Crippen LogP contribution is -2.51. The van der Waals surface area contributed by atoms with Crippen molar-refractivity contribution < 1.29 is 9.59 Å². The van der Waals surface area contributed by atoms with Crippen molar-refractivity contribution in [2.24, 2.45) is 11.7 Å². The van der Waals surface area contributed by atoms with Crippen molar-refractivity contribution in [1.82, 2.24) is 9.88 Å². The number of anilines is 1. The molecule has 1 aliphatic rings. The van der Waals surface area contributed by atoms with Crippen molar-refractivity contribution in [2.45, 2.75) is 44.7 Å². The predicted molar refractivity (Wildman–Crippen MR) is 106 cm³/mol. The van der Waals surface area contributed by atoms with E-state index in [1.54, 1.807) is 7.05 Å². The van der Waals surface area contributed by atoms with Crippen LogP contribution < -0.4 is 16.4 Å². The van der Waals surface area contributed by atoms with Crippen LogP contribution in [-0.2, 0) is 16.1 Å². The summed E-state index contributed by atoms with van der Waals surface area (Å²) in [5.74, 6) is -0.254. The number of nitrogens with one attached hydrogen (secondary N) is 2. The summed E-state index contributed by atoms with van der Waals surface area (Å²) in [5.41, 5.74) is 7.53. The predicted octanol–water partition coefficient (Wildman–Crippen LogP) is 2.66. The summed E-state index contributed by atoms with van der Waals surface area (Å²) in [6.07, 6.45) is 5.70. The summed E-state index contributed by atoms with van der Waals surface area (Å²) in [5, 5.41) is 6.67. The number of carbonyl (C=O) groups excluding carboxylic acids is 2. The normalized spacial score (nSPS) is 22.5. The molecule has 7 heteroatoms. The minimum atomic E-state index is -0.453. The zero-order valence-corrected chi connectivity index (χ0v) is 16.1. The van der Waals surface area contributed by atoms with E-state index in [0.717, 1.165) is 42.3 Å². The van der Waals surface area contributed by atoms with E-state index in [1.165, 1.54) is 0 Å². The number of benzene rings is 1. The fourth-order valence-electron chi connectivity index (χ4n) is 3.65. The Bertz CT molecular complexity index is 800. The molecule has 0 saturated heterocycles. The molecule has 2 atom stereocenters. The Morgan fingerprint density at radius 3 is 2.77 bits per heavy atom. The standard InChI is InChI=1S/C19H26N4O2.ClH/c1-19(20)9-4-3-5-15(19)18(25)22-14-7-6-13-8-10-23(16(13)11-14)12-17(24)21-2;/h6-8,10-11,15H,3-5,9,12,20H2,1-2H3,(H,21,24)(H,22,25);1H. The lowest BCUT2D eigenvalue weighted by molar-refractivity contribution is -0.123. The van der Waals surface area contributed by atoms with Crippen molar-refractivity contribution in [2.75, 3.05) is 12.4 Å². The van der Waals surface area contributed by atoms with Crippen LogP contribution >= 0.6 is 12.4 Å². The Balaban J connectivity index is 0.00000243. The van der Waals surface area contributed by atoms with Crippen LogP contribution in [0.5, 0.6) is 0 Å². The number of nitrogens with two attached hydrogens (primary N) is 1. The van der Waals surface area contributed by atoms with Crippen LogP contribution in [0.15, 0.2) is 30.5 Å². The van der Waals surface area contributed by atoms with Crippen molar-refractivity contribution in [3.63, 3.8) is 0 Å². The molecule has 0 radical (unpaired) electrons. The van der Waals surface area contributed by atoms with Crippen LogP contribution in [0.2, 0.25) is 0 Å². The molecule has 142 valence electrons. The average molecular weight is 379 g/mol. The Morgan fingerprint density at radius 1 is 1.31 bits per heavy atom. The fourth-order valence-corrected chi connectivity index (χ4v) is 3.65. The highest BCUT2D eigenvalue weighted by Gasteiger charge is 2.37. The molecular weight excluding hydrogens is 352 g/mol. The maximum atomic E-state index is 12.7. The maximum absolute atomic E-state index is 12.7. The molecule has 2 aromatic rings. The Morgan fingerprint density at radius 2 is 2.08 bits per heavy atom. The number of amides is 2. The van der Waals surface area contributed by atoms with Gasteiger partial charge in [0.1, 0.15) is 6.54 Å². The summed E-state index contributed by atoms with van der Waals surface area (Å²) < 4.78 is 1.87. The van der Waals surface area contributed by atoms with Gasteiger partial charge < -0.3 is 20.9 Å². The number of rotatable bonds is 4. The SMILES string of the molecule is CNC(=O)Cn1ccc2ccc(NC(=O)C3CCCCC3(C)N)cc21.Cl. The second kappa shape index (κ2) is 8.10. The molecule has 0 aliphatic heterocycles. The van der Waals surface area contributed by atoms with Crippen molar-refractivity contribution >= 4 is 40.8 Å². The van der Waals surface area contributed by atoms with E-state index in [-0.39, 0.29) is 36.7 Å². The molecule has 6 nitrogen and oxygen atoms in total. The number of nitrogens with zero attached hydrogens (tertiary/aromatic N) is 1. The third-order valence-corrected chi connectivity index (χ3v) is 5.21. The first-order chi connectivity index (χ1) is 11.9. The molecule has 0 spiro atoms. The van der Waals surface area contributed by atoms with E-state index >= 15 is 0 Å². The van der Waals surface area contributed by atoms with E-state index in [0.29, 0.717) is 0 Å². The van der Waals surface area contributed by atoms with E-state index < -0.39 is 5.54 Å². The van der Waals surface area contributed by atoms with Crippen LogP contribution in [0.3, 0.4) is 0 Å². The molecule has 26 heavy (non-hydrogen) atoms. The van der Waals surface area contributed by atoms with Gasteiger partial charge in [-0.2, -0.15) is 0 Å². The van der Waals surface area contributed by atoms with Crippen molar-refractivity contribution in [3.8, 4) is 0 Å². The highest BCUT2D eigenvalue weighted by atomic mass is 35.5. The summed E-state index contributed by atoms with van der Waals surface area (Å²) in [6, 6.07) is 7.71. The van der Waals surface area contributed by atoms with Gasteiger partial charge in [-0.05, 0) is 43.4 Å². The van der Waals surface area contributed by atoms with Gasteiger partial charge in [0.2, 0.25) is 11.8 Å². The number of fused-ring (bicyclic) bond motifs is 1. The number of hydrogen-bond acceptors (Lipinski definition) is 3. The van der Waals surface area contributed by atoms with Crippen LogP contribution in [-0.4, -0.2) is 29.0 Å². The molecule has 1 aromatic heterocycles. The Labute approximate surface area is 159 Å². The zero-order chi connectivity index (χ0) is 18.0. The molecular formula is C19H27ClN4O2. The quantitative estimate of drug-likeness (QED) is 0.764. The number of aromatic nitrogens is 1. The zero-order valence-electron chi connectivity index (χ0n) is 15.2. The van der Waals surface area contributed by atoms with Crippen LogP contribution in [0.25, 0.3) is 10.9 Å². The second-order valence-electron chi connectivity index (χ2n) is 7.18. The van der Waals surface area contributed by atoms with E-state index in [4.69, 9.17) is 5.73 Å². The molecule has 1 heterocycles. The minimum Gasteiger partial charge on any atom is -0.358 e. The lowest BCUT2D eigenvalue weighted by atomic mass is 9.74. The van der Waals surface area contributed by atoms with Gasteiger partial charge in [-0.3, -0.25) is 9.59 Å². The van der Waals surface area contributed by atoms with Gasteiger partial charge >= 0.3 is 0 Å². The first-order valence-corrected chi connectivity index (χ1v) is 8.80. The third kappa shape index (κ3) is 4.19. The van der Waals surface area contributed by atoms with E-state index in [2.05, 4.69) is 10.6 Å². The van der Waals surface area contributed by atoms with Gasteiger partial charge in [0.05, 0.1) is 11.4 Å². The molecule has 2 amide bonds. The van der Waals surface area contributed by atoms with E-state index in [9.17, 15) is 9.59 Å². The van der Waals surface area contributed by atoms with Gasteiger partial charge in [0.15, 0.2) is 0 Å². The molecule has 1 aromatic carbocycles. The molecule has 1 saturated carbocycles. The molecule has 1 fully saturated rings. The van der Waals surface area contributed by atoms with Gasteiger partial charge in [-0.1, -0.05) is 18.9 Å². The second-order valence-corrected chi connectivity index (χ2v) is 7.18. The first kappa shape index (κ1) is 20.3. The summed E-state index contributed by atoms with van der Waals surface area (Å²) in [7, 11) is 1.62. The average Bonchev–Trinajstić information content (AvgIpc) is 2.96. The first-order valence-electron chi connectivity index (χ1n) is 8.80.